The van der Waals surface area contributed by atoms with Crippen LogP contribution in [-0.2, 0) is 9.53 Å². The van der Waals surface area contributed by atoms with E-state index in [1.54, 1.807) is 11.3 Å². The van der Waals surface area contributed by atoms with Crippen LogP contribution in [0.5, 0.6) is 0 Å². The third kappa shape index (κ3) is 3.16. The van der Waals surface area contributed by atoms with Gasteiger partial charge >= 0.3 is 0 Å². The van der Waals surface area contributed by atoms with E-state index in [4.69, 9.17) is 4.74 Å². The third-order valence-electron chi connectivity index (χ3n) is 3.95. The molecule has 1 aliphatic rings. The normalized spacial score (nSPS) is 17.2. The lowest BCUT2D eigenvalue weighted by Gasteiger charge is -2.12. The summed E-state index contributed by atoms with van der Waals surface area (Å²) in [4.78, 5) is 25.5. The Morgan fingerprint density at radius 3 is 2.65 bits per heavy atom. The maximum absolute atomic E-state index is 12.5. The van der Waals surface area contributed by atoms with Crippen molar-refractivity contribution in [3.05, 3.63) is 40.5 Å². The summed E-state index contributed by atoms with van der Waals surface area (Å²) < 4.78 is 7.20. The second-order valence-corrected chi connectivity index (χ2v) is 6.70. The summed E-state index contributed by atoms with van der Waals surface area (Å²) in [5, 5.41) is 0.842. The molecule has 1 fully saturated rings. The molecule has 6 nitrogen and oxygen atoms in total. The molecule has 0 aromatic carbocycles. The highest BCUT2D eigenvalue weighted by Gasteiger charge is 2.25. The molecule has 0 unspecified atom stereocenters. The van der Waals surface area contributed by atoms with Crippen molar-refractivity contribution in [1.29, 1.82) is 0 Å². The van der Waals surface area contributed by atoms with Gasteiger partial charge in [0.2, 0.25) is 0 Å². The van der Waals surface area contributed by atoms with Crippen LogP contribution in [0.25, 0.3) is 5.00 Å². The summed E-state index contributed by atoms with van der Waals surface area (Å²) >= 11 is 1.55. The van der Waals surface area contributed by atoms with E-state index in [1.165, 1.54) is 0 Å². The Bertz CT molecular complexity index is 715. The second-order valence-electron chi connectivity index (χ2n) is 5.50. The van der Waals surface area contributed by atoms with Gasteiger partial charge in [-0.25, -0.2) is 0 Å². The lowest BCUT2D eigenvalue weighted by Crippen LogP contribution is -2.46. The van der Waals surface area contributed by atoms with Crippen molar-refractivity contribution in [3.63, 3.8) is 0 Å². The predicted molar refractivity (Wildman–Crippen MR) is 87.7 cm³/mol. The Morgan fingerprint density at radius 1 is 1.26 bits per heavy atom. The zero-order chi connectivity index (χ0) is 16.4. The van der Waals surface area contributed by atoms with Crippen LogP contribution < -0.4 is 10.9 Å². The summed E-state index contributed by atoms with van der Waals surface area (Å²) in [5.74, 6) is -0.620. The first-order valence-electron chi connectivity index (χ1n) is 7.53. The molecule has 0 spiro atoms. The molecule has 1 saturated heterocycles. The van der Waals surface area contributed by atoms with Crippen LogP contribution in [0, 0.1) is 13.8 Å². The number of rotatable bonds is 3. The highest BCUT2D eigenvalue weighted by Crippen LogP contribution is 2.30. The van der Waals surface area contributed by atoms with Gasteiger partial charge in [0.1, 0.15) is 11.1 Å². The van der Waals surface area contributed by atoms with Gasteiger partial charge in [-0.1, -0.05) is 0 Å². The van der Waals surface area contributed by atoms with Crippen LogP contribution in [0.1, 0.15) is 33.6 Å². The largest absolute Gasteiger partial charge is 0.368 e. The molecular formula is C16H19N3O3S. The van der Waals surface area contributed by atoms with Crippen molar-refractivity contribution in [2.24, 2.45) is 0 Å². The van der Waals surface area contributed by atoms with Gasteiger partial charge in [-0.15, -0.1) is 11.3 Å². The monoisotopic (exact) mass is 333 g/mol. The molecule has 2 aromatic rings. The summed E-state index contributed by atoms with van der Waals surface area (Å²) in [6.07, 6.45) is 4.88. The fourth-order valence-electron chi connectivity index (χ4n) is 2.57. The number of nitrogens with zero attached hydrogens (tertiary/aromatic N) is 1. The summed E-state index contributed by atoms with van der Waals surface area (Å²) in [7, 11) is 0. The van der Waals surface area contributed by atoms with Gasteiger partial charge in [-0.3, -0.25) is 20.4 Å². The molecular weight excluding hydrogens is 314 g/mol. The maximum Gasteiger partial charge on any atom is 0.272 e. The van der Waals surface area contributed by atoms with E-state index in [2.05, 4.69) is 10.9 Å². The number of amides is 2. The Kier molecular flexibility index (Phi) is 4.49. The van der Waals surface area contributed by atoms with Crippen LogP contribution in [0.4, 0.5) is 0 Å². The highest BCUT2D eigenvalue weighted by molar-refractivity contribution is 7.15. The first kappa shape index (κ1) is 15.8. The first-order chi connectivity index (χ1) is 11.1. The van der Waals surface area contributed by atoms with Gasteiger partial charge in [0, 0.05) is 23.9 Å². The quantitative estimate of drug-likeness (QED) is 0.845. The maximum atomic E-state index is 12.5. The van der Waals surface area contributed by atoms with Gasteiger partial charge in [0.05, 0.1) is 5.56 Å². The van der Waals surface area contributed by atoms with E-state index in [0.717, 1.165) is 21.9 Å². The van der Waals surface area contributed by atoms with Crippen molar-refractivity contribution >= 4 is 23.2 Å². The van der Waals surface area contributed by atoms with E-state index in [1.807, 2.05) is 42.9 Å². The summed E-state index contributed by atoms with van der Waals surface area (Å²) in [6.45, 7) is 4.48. The van der Waals surface area contributed by atoms with Crippen LogP contribution in [-0.4, -0.2) is 29.1 Å². The number of hydrogen-bond donors (Lipinski definition) is 2. The van der Waals surface area contributed by atoms with Crippen molar-refractivity contribution < 1.29 is 14.3 Å². The fraction of sp³-hybridized carbons (Fsp3) is 0.375. The molecule has 0 saturated carbocycles. The molecule has 2 aromatic heterocycles. The van der Waals surface area contributed by atoms with E-state index in [-0.39, 0.29) is 11.8 Å². The number of nitrogens with one attached hydrogen (secondary N) is 2. The number of aromatic nitrogens is 1. The van der Waals surface area contributed by atoms with Crippen LogP contribution in [0.3, 0.4) is 0 Å². The zero-order valence-electron chi connectivity index (χ0n) is 13.1. The Balaban J connectivity index is 1.75. The average molecular weight is 333 g/mol. The highest BCUT2D eigenvalue weighted by atomic mass is 32.1. The minimum atomic E-state index is -0.468. The molecule has 0 bridgehead atoms. The number of carbonyl (C=O) groups is 2. The van der Waals surface area contributed by atoms with Crippen molar-refractivity contribution in [3.8, 4) is 5.00 Å². The molecule has 0 aliphatic carbocycles. The van der Waals surface area contributed by atoms with Gasteiger partial charge < -0.3 is 9.30 Å². The van der Waals surface area contributed by atoms with Crippen molar-refractivity contribution in [2.45, 2.75) is 32.8 Å². The topological polar surface area (TPSA) is 72.4 Å². The minimum absolute atomic E-state index is 0.303. The smallest absolute Gasteiger partial charge is 0.272 e. The van der Waals surface area contributed by atoms with Crippen molar-refractivity contribution in [1.82, 2.24) is 15.4 Å². The molecule has 2 N–H and O–H groups in total. The second kappa shape index (κ2) is 6.55. The number of hydrogen-bond acceptors (Lipinski definition) is 4. The predicted octanol–water partition coefficient (Wildman–Crippen LogP) is 2.10. The van der Waals surface area contributed by atoms with E-state index >= 15 is 0 Å². The Hall–Kier alpha value is -2.12. The molecule has 3 rings (SSSR count). The lowest BCUT2D eigenvalue weighted by molar-refractivity contribution is -0.130. The number of thiophene rings is 1. The average Bonchev–Trinajstić information content (AvgIpc) is 3.27. The van der Waals surface area contributed by atoms with Gasteiger partial charge in [0.15, 0.2) is 0 Å². The number of aryl methyl sites for hydroxylation is 1. The van der Waals surface area contributed by atoms with Gasteiger partial charge in [-0.2, -0.15) is 0 Å². The molecule has 7 heteroatoms. The molecule has 23 heavy (non-hydrogen) atoms. The molecule has 2 amide bonds. The molecule has 3 heterocycles. The fourth-order valence-corrected chi connectivity index (χ4v) is 3.69. The number of ether oxygens (including phenoxy) is 1. The Morgan fingerprint density at radius 2 is 2.00 bits per heavy atom. The molecule has 1 aliphatic heterocycles. The summed E-state index contributed by atoms with van der Waals surface area (Å²) in [6, 6.07) is 3.82. The molecule has 0 radical (unpaired) electrons. The SMILES string of the molecule is Cc1sc(-n2cccc2)c(C(=O)NNC(=O)[C@@H]2CCCO2)c1C. The van der Waals surface area contributed by atoms with E-state index in [0.29, 0.717) is 18.6 Å². The number of carbonyl (C=O) groups excluding carboxylic acids is 2. The first-order valence-corrected chi connectivity index (χ1v) is 8.34. The Labute approximate surface area is 138 Å². The van der Waals surface area contributed by atoms with Crippen LogP contribution >= 0.6 is 11.3 Å². The summed E-state index contributed by atoms with van der Waals surface area (Å²) in [5.41, 5.74) is 6.47. The third-order valence-corrected chi connectivity index (χ3v) is 5.17. The molecule has 1 atom stereocenters. The van der Waals surface area contributed by atoms with Gasteiger partial charge in [-0.05, 0) is 44.4 Å². The van der Waals surface area contributed by atoms with Gasteiger partial charge in [0.25, 0.3) is 11.8 Å². The van der Waals surface area contributed by atoms with E-state index < -0.39 is 6.10 Å². The van der Waals surface area contributed by atoms with E-state index in [9.17, 15) is 9.59 Å². The zero-order valence-corrected chi connectivity index (χ0v) is 13.9. The minimum Gasteiger partial charge on any atom is -0.368 e. The lowest BCUT2D eigenvalue weighted by atomic mass is 10.1. The van der Waals surface area contributed by atoms with Crippen LogP contribution in [0.2, 0.25) is 0 Å². The molecule has 122 valence electrons. The number of hydrazine groups is 1. The van der Waals surface area contributed by atoms with Crippen molar-refractivity contribution in [2.75, 3.05) is 6.61 Å². The van der Waals surface area contributed by atoms with Crippen LogP contribution in [0.15, 0.2) is 24.5 Å². The standard InChI is InChI=1S/C16H19N3O3S/c1-10-11(2)23-16(19-7-3-4-8-19)13(10)15(21)18-17-14(20)12-6-5-9-22-12/h3-4,7-8,12H,5-6,9H2,1-2H3,(H,17,20)(H,18,21)/t12-/m0/s1.